The smallest absolute Gasteiger partial charge is 0.141 e. The minimum atomic E-state index is 0.193. The molecule has 21 heavy (non-hydrogen) atoms. The Balaban J connectivity index is 1.71. The maximum Gasteiger partial charge on any atom is 0.141 e. The molecule has 1 aliphatic rings. The first kappa shape index (κ1) is 13.6. The predicted octanol–water partition coefficient (Wildman–Crippen LogP) is 2.98. The molecule has 0 atom stereocenters. The van der Waals surface area contributed by atoms with Crippen molar-refractivity contribution in [3.63, 3.8) is 0 Å². The van der Waals surface area contributed by atoms with Crippen LogP contribution in [0.15, 0.2) is 53.5 Å². The van der Waals surface area contributed by atoms with Gasteiger partial charge in [-0.25, -0.2) is 0 Å². The highest BCUT2D eigenvalue weighted by molar-refractivity contribution is 5.83. The maximum absolute atomic E-state index is 9.67. The van der Waals surface area contributed by atoms with Crippen LogP contribution in [-0.2, 0) is 4.74 Å². The summed E-state index contributed by atoms with van der Waals surface area (Å²) >= 11 is 0. The second kappa shape index (κ2) is 6.41. The Morgan fingerprint density at radius 1 is 1.00 bits per heavy atom. The van der Waals surface area contributed by atoms with Gasteiger partial charge >= 0.3 is 0 Å². The quantitative estimate of drug-likeness (QED) is 0.880. The second-order valence-corrected chi connectivity index (χ2v) is 4.94. The fourth-order valence-corrected chi connectivity index (χ4v) is 2.31. The Kier molecular flexibility index (Phi) is 4.17. The average molecular weight is 282 g/mol. The molecule has 0 aliphatic carbocycles. The molecule has 4 nitrogen and oxygen atoms in total. The van der Waals surface area contributed by atoms with Gasteiger partial charge in [-0.05, 0) is 29.8 Å². The van der Waals surface area contributed by atoms with Crippen LogP contribution in [0.4, 0.5) is 11.4 Å². The summed E-state index contributed by atoms with van der Waals surface area (Å²) < 4.78 is 5.36. The van der Waals surface area contributed by atoms with E-state index in [-0.39, 0.29) is 5.75 Å². The Morgan fingerprint density at radius 3 is 2.43 bits per heavy atom. The van der Waals surface area contributed by atoms with Gasteiger partial charge in [0.15, 0.2) is 0 Å². The van der Waals surface area contributed by atoms with Crippen LogP contribution in [0.1, 0.15) is 5.56 Å². The van der Waals surface area contributed by atoms with Crippen LogP contribution in [0.3, 0.4) is 0 Å². The molecule has 1 saturated heterocycles. The van der Waals surface area contributed by atoms with Gasteiger partial charge in [0.25, 0.3) is 0 Å². The summed E-state index contributed by atoms with van der Waals surface area (Å²) in [7, 11) is 0. The summed E-state index contributed by atoms with van der Waals surface area (Å²) in [6.07, 6.45) is 1.76. The van der Waals surface area contributed by atoms with Crippen molar-refractivity contribution in [1.29, 1.82) is 0 Å². The van der Waals surface area contributed by atoms with Gasteiger partial charge in [-0.3, -0.25) is 4.99 Å². The van der Waals surface area contributed by atoms with E-state index in [9.17, 15) is 5.11 Å². The lowest BCUT2D eigenvalue weighted by Gasteiger charge is -2.28. The molecule has 0 aromatic heterocycles. The van der Waals surface area contributed by atoms with Crippen molar-refractivity contribution in [2.24, 2.45) is 4.99 Å². The number of ether oxygens (including phenoxy) is 1. The lowest BCUT2D eigenvalue weighted by atomic mass is 10.2. The van der Waals surface area contributed by atoms with Gasteiger partial charge in [-0.1, -0.05) is 24.3 Å². The van der Waals surface area contributed by atoms with Crippen molar-refractivity contribution in [3.8, 4) is 5.75 Å². The summed E-state index contributed by atoms with van der Waals surface area (Å²) in [4.78, 5) is 6.62. The van der Waals surface area contributed by atoms with Gasteiger partial charge in [0.2, 0.25) is 0 Å². The first-order chi connectivity index (χ1) is 10.3. The summed E-state index contributed by atoms with van der Waals surface area (Å²) in [6, 6.07) is 15.3. The third-order valence-electron chi connectivity index (χ3n) is 3.50. The van der Waals surface area contributed by atoms with Crippen molar-refractivity contribution in [2.45, 2.75) is 0 Å². The van der Waals surface area contributed by atoms with Crippen LogP contribution < -0.4 is 4.90 Å². The Morgan fingerprint density at radius 2 is 1.71 bits per heavy atom. The number of para-hydroxylation sites is 2. The van der Waals surface area contributed by atoms with Crippen molar-refractivity contribution in [2.75, 3.05) is 31.2 Å². The molecule has 1 aliphatic heterocycles. The fraction of sp³-hybridized carbons (Fsp3) is 0.235. The van der Waals surface area contributed by atoms with Gasteiger partial charge < -0.3 is 14.7 Å². The first-order valence-electron chi connectivity index (χ1n) is 7.08. The molecule has 0 spiro atoms. The molecule has 0 saturated carbocycles. The SMILES string of the molecule is Oc1ccccc1N=Cc1ccc(N2CCOCC2)cc1. The van der Waals surface area contributed by atoms with Crippen molar-refractivity contribution < 1.29 is 9.84 Å². The molecular weight excluding hydrogens is 264 g/mol. The number of phenolic OH excluding ortho intramolecular Hbond substituents is 1. The number of anilines is 1. The molecule has 1 fully saturated rings. The summed E-state index contributed by atoms with van der Waals surface area (Å²) in [5.74, 6) is 0.193. The topological polar surface area (TPSA) is 45.1 Å². The van der Waals surface area contributed by atoms with Crippen molar-refractivity contribution in [1.82, 2.24) is 0 Å². The van der Waals surface area contributed by atoms with E-state index in [2.05, 4.69) is 22.0 Å². The van der Waals surface area contributed by atoms with E-state index in [4.69, 9.17) is 4.74 Å². The Labute approximate surface area is 124 Å². The Hall–Kier alpha value is -2.33. The number of rotatable bonds is 3. The van der Waals surface area contributed by atoms with Gasteiger partial charge in [0.05, 0.1) is 13.2 Å². The summed E-state index contributed by atoms with van der Waals surface area (Å²) in [6.45, 7) is 3.45. The third-order valence-corrected chi connectivity index (χ3v) is 3.50. The molecule has 1 heterocycles. The monoisotopic (exact) mass is 282 g/mol. The number of benzene rings is 2. The van der Waals surface area contributed by atoms with Crippen LogP contribution in [0.5, 0.6) is 5.75 Å². The number of nitrogens with zero attached hydrogens (tertiary/aromatic N) is 2. The standard InChI is InChI=1S/C17H18N2O2/c20-17-4-2-1-3-16(17)18-13-14-5-7-15(8-6-14)19-9-11-21-12-10-19/h1-8,13,20H,9-12H2. The van der Waals surface area contributed by atoms with E-state index in [0.29, 0.717) is 5.69 Å². The molecule has 2 aromatic carbocycles. The van der Waals surface area contributed by atoms with Crippen LogP contribution in [-0.4, -0.2) is 37.6 Å². The fourth-order valence-electron chi connectivity index (χ4n) is 2.31. The zero-order valence-electron chi connectivity index (χ0n) is 11.8. The number of hydrogen-bond acceptors (Lipinski definition) is 4. The van der Waals surface area contributed by atoms with E-state index in [0.717, 1.165) is 31.9 Å². The number of hydrogen-bond donors (Lipinski definition) is 1. The molecule has 4 heteroatoms. The number of phenols is 1. The highest BCUT2D eigenvalue weighted by Gasteiger charge is 2.10. The third kappa shape index (κ3) is 3.41. The van der Waals surface area contributed by atoms with Crippen molar-refractivity contribution in [3.05, 3.63) is 54.1 Å². The van der Waals surface area contributed by atoms with Crippen LogP contribution in [0, 0.1) is 0 Å². The van der Waals surface area contributed by atoms with E-state index >= 15 is 0 Å². The molecule has 0 radical (unpaired) electrons. The molecule has 3 rings (SSSR count). The zero-order valence-corrected chi connectivity index (χ0v) is 11.8. The molecule has 108 valence electrons. The van der Waals surface area contributed by atoms with Crippen LogP contribution >= 0.6 is 0 Å². The largest absolute Gasteiger partial charge is 0.506 e. The van der Waals surface area contributed by atoms with Gasteiger partial charge in [0.1, 0.15) is 11.4 Å². The normalized spacial score (nSPS) is 15.5. The minimum Gasteiger partial charge on any atom is -0.506 e. The van der Waals surface area contributed by atoms with Crippen LogP contribution in [0.25, 0.3) is 0 Å². The van der Waals surface area contributed by atoms with E-state index in [1.165, 1.54) is 5.69 Å². The van der Waals surface area contributed by atoms with E-state index in [1.807, 2.05) is 18.2 Å². The van der Waals surface area contributed by atoms with E-state index < -0.39 is 0 Å². The molecule has 0 amide bonds. The molecule has 0 unspecified atom stereocenters. The molecule has 2 aromatic rings. The average Bonchev–Trinajstić information content (AvgIpc) is 2.55. The maximum atomic E-state index is 9.67. The number of aliphatic imine (C=N–C) groups is 1. The Bertz CT molecular complexity index is 617. The molecular formula is C17H18N2O2. The minimum absolute atomic E-state index is 0.193. The van der Waals surface area contributed by atoms with Crippen LogP contribution in [0.2, 0.25) is 0 Å². The summed E-state index contributed by atoms with van der Waals surface area (Å²) in [5.41, 5.74) is 2.79. The lowest BCUT2D eigenvalue weighted by molar-refractivity contribution is 0.122. The highest BCUT2D eigenvalue weighted by atomic mass is 16.5. The number of morpholine rings is 1. The molecule has 1 N–H and O–H groups in total. The number of aromatic hydroxyl groups is 1. The highest BCUT2D eigenvalue weighted by Crippen LogP contribution is 2.24. The second-order valence-electron chi connectivity index (χ2n) is 4.94. The zero-order chi connectivity index (χ0) is 14.5. The van der Waals surface area contributed by atoms with Gasteiger partial charge in [-0.2, -0.15) is 0 Å². The first-order valence-corrected chi connectivity index (χ1v) is 7.08. The predicted molar refractivity (Wildman–Crippen MR) is 84.8 cm³/mol. The van der Waals surface area contributed by atoms with Gasteiger partial charge in [-0.15, -0.1) is 0 Å². The van der Waals surface area contributed by atoms with Gasteiger partial charge in [0, 0.05) is 25.0 Å². The molecule has 0 bridgehead atoms. The summed E-state index contributed by atoms with van der Waals surface area (Å²) in [5, 5.41) is 9.67. The van der Waals surface area contributed by atoms with E-state index in [1.54, 1.807) is 24.4 Å². The van der Waals surface area contributed by atoms with Crippen molar-refractivity contribution >= 4 is 17.6 Å². The lowest BCUT2D eigenvalue weighted by Crippen LogP contribution is -2.36.